The Morgan fingerprint density at radius 3 is 2.32 bits per heavy atom. The molecule has 1 aliphatic heterocycles. The molecule has 0 aromatic heterocycles. The minimum Gasteiger partial charge on any atom is -0.383 e. The third-order valence-corrected chi connectivity index (χ3v) is 3.67. The molecule has 1 unspecified atom stereocenters. The molecular weight excluding hydrogens is 261 g/mol. The Kier molecular flexibility index (Phi) is 4.35. The van der Waals surface area contributed by atoms with Gasteiger partial charge < -0.3 is 10.4 Å². The van der Waals surface area contributed by atoms with Gasteiger partial charge in [-0.3, -0.25) is 9.69 Å². The van der Waals surface area contributed by atoms with Gasteiger partial charge in [0.2, 0.25) is 5.91 Å². The van der Waals surface area contributed by atoms with Crippen LogP contribution in [-0.4, -0.2) is 53.9 Å². The van der Waals surface area contributed by atoms with Crippen LogP contribution >= 0.6 is 0 Å². The molecule has 2 rings (SSSR count). The average molecular weight is 280 g/mol. The van der Waals surface area contributed by atoms with Gasteiger partial charge in [0.15, 0.2) is 0 Å². The Balaban J connectivity index is 1.74. The number of amides is 1. The fourth-order valence-corrected chi connectivity index (χ4v) is 2.41. The highest BCUT2D eigenvalue weighted by molar-refractivity contribution is 5.81. The quantitative estimate of drug-likeness (QED) is 0.804. The molecule has 1 saturated carbocycles. The van der Waals surface area contributed by atoms with Crippen LogP contribution < -0.4 is 5.32 Å². The number of rotatable bonds is 4. The standard InChI is InChI=1S/C12H19F3N2O2/c13-12(14,15)7-17-5-3-8(4-6-17)10(18)11(19)16-9-1-2-9/h8-10,18H,1-7H2,(H,16,19). The summed E-state index contributed by atoms with van der Waals surface area (Å²) in [5, 5.41) is 12.6. The van der Waals surface area contributed by atoms with Gasteiger partial charge in [0.1, 0.15) is 6.10 Å². The largest absolute Gasteiger partial charge is 0.401 e. The van der Waals surface area contributed by atoms with Gasteiger partial charge in [-0.1, -0.05) is 0 Å². The van der Waals surface area contributed by atoms with E-state index in [-0.39, 0.29) is 31.0 Å². The highest BCUT2D eigenvalue weighted by Gasteiger charge is 2.36. The van der Waals surface area contributed by atoms with Crippen LogP contribution in [0.4, 0.5) is 13.2 Å². The first-order valence-electron chi connectivity index (χ1n) is 6.63. The molecule has 110 valence electrons. The van der Waals surface area contributed by atoms with E-state index in [2.05, 4.69) is 5.32 Å². The van der Waals surface area contributed by atoms with Crippen LogP contribution in [0.1, 0.15) is 25.7 Å². The topological polar surface area (TPSA) is 52.6 Å². The zero-order valence-corrected chi connectivity index (χ0v) is 10.6. The second kappa shape index (κ2) is 5.66. The Morgan fingerprint density at radius 1 is 1.26 bits per heavy atom. The summed E-state index contributed by atoms with van der Waals surface area (Å²) in [6, 6.07) is 0.187. The number of nitrogens with one attached hydrogen (secondary N) is 1. The second-order valence-corrected chi connectivity index (χ2v) is 5.46. The molecule has 0 bridgehead atoms. The Bertz CT molecular complexity index is 323. The van der Waals surface area contributed by atoms with E-state index in [1.807, 2.05) is 0 Å². The lowest BCUT2D eigenvalue weighted by Gasteiger charge is -2.34. The second-order valence-electron chi connectivity index (χ2n) is 5.46. The molecule has 0 spiro atoms. The van der Waals surface area contributed by atoms with Crippen molar-refractivity contribution in [3.63, 3.8) is 0 Å². The number of alkyl halides is 3. The Morgan fingerprint density at radius 2 is 1.84 bits per heavy atom. The molecule has 0 aromatic rings. The zero-order chi connectivity index (χ0) is 14.0. The number of likely N-dealkylation sites (tertiary alicyclic amines) is 1. The van der Waals surface area contributed by atoms with Crippen molar-refractivity contribution in [3.05, 3.63) is 0 Å². The maximum absolute atomic E-state index is 12.2. The molecular formula is C12H19F3N2O2. The molecule has 19 heavy (non-hydrogen) atoms. The number of nitrogens with zero attached hydrogens (tertiary/aromatic N) is 1. The van der Waals surface area contributed by atoms with E-state index in [9.17, 15) is 23.1 Å². The molecule has 1 heterocycles. The van der Waals surface area contributed by atoms with E-state index in [1.54, 1.807) is 0 Å². The van der Waals surface area contributed by atoms with Crippen molar-refractivity contribution in [3.8, 4) is 0 Å². The minimum atomic E-state index is -4.19. The normalized spacial score (nSPS) is 24.2. The molecule has 0 aromatic carbocycles. The summed E-state index contributed by atoms with van der Waals surface area (Å²) < 4.78 is 36.7. The van der Waals surface area contributed by atoms with Gasteiger partial charge >= 0.3 is 6.18 Å². The first-order chi connectivity index (χ1) is 8.85. The average Bonchev–Trinajstić information content (AvgIpc) is 3.11. The number of carbonyl (C=O) groups is 1. The van der Waals surface area contributed by atoms with Crippen LogP contribution in [0.2, 0.25) is 0 Å². The first kappa shape index (κ1) is 14.6. The van der Waals surface area contributed by atoms with Crippen LogP contribution in [-0.2, 0) is 4.79 Å². The molecule has 4 nitrogen and oxygen atoms in total. The predicted molar refractivity (Wildman–Crippen MR) is 62.4 cm³/mol. The highest BCUT2D eigenvalue weighted by Crippen LogP contribution is 2.25. The SMILES string of the molecule is O=C(NC1CC1)C(O)C1CCN(CC(F)(F)F)CC1. The summed E-state index contributed by atoms with van der Waals surface area (Å²) in [6.07, 6.45) is -2.53. The van der Waals surface area contributed by atoms with Crippen molar-refractivity contribution >= 4 is 5.91 Å². The van der Waals surface area contributed by atoms with E-state index in [0.29, 0.717) is 12.8 Å². The Labute approximate surface area is 110 Å². The lowest BCUT2D eigenvalue weighted by molar-refractivity contribution is -0.151. The monoisotopic (exact) mass is 280 g/mol. The van der Waals surface area contributed by atoms with Crippen molar-refractivity contribution < 1.29 is 23.1 Å². The van der Waals surface area contributed by atoms with Crippen molar-refractivity contribution in [1.82, 2.24) is 10.2 Å². The van der Waals surface area contributed by atoms with E-state index in [0.717, 1.165) is 12.8 Å². The van der Waals surface area contributed by atoms with Gasteiger partial charge in [-0.05, 0) is 44.7 Å². The highest BCUT2D eigenvalue weighted by atomic mass is 19.4. The van der Waals surface area contributed by atoms with Gasteiger partial charge in [-0.15, -0.1) is 0 Å². The summed E-state index contributed by atoms with van der Waals surface area (Å²) >= 11 is 0. The van der Waals surface area contributed by atoms with Crippen LogP contribution in [0.3, 0.4) is 0 Å². The van der Waals surface area contributed by atoms with Gasteiger partial charge in [0.25, 0.3) is 0 Å². The van der Waals surface area contributed by atoms with Gasteiger partial charge in [0, 0.05) is 6.04 Å². The van der Waals surface area contributed by atoms with E-state index < -0.39 is 18.8 Å². The van der Waals surface area contributed by atoms with Crippen molar-refractivity contribution in [2.24, 2.45) is 5.92 Å². The minimum absolute atomic E-state index is 0.187. The predicted octanol–water partition coefficient (Wildman–Crippen LogP) is 0.900. The number of hydrogen-bond acceptors (Lipinski definition) is 3. The van der Waals surface area contributed by atoms with Gasteiger partial charge in [-0.25, -0.2) is 0 Å². The van der Waals surface area contributed by atoms with Crippen LogP contribution in [0.5, 0.6) is 0 Å². The molecule has 1 atom stereocenters. The smallest absolute Gasteiger partial charge is 0.383 e. The number of aliphatic hydroxyl groups is 1. The van der Waals surface area contributed by atoms with Crippen LogP contribution in [0.15, 0.2) is 0 Å². The van der Waals surface area contributed by atoms with Crippen LogP contribution in [0, 0.1) is 5.92 Å². The van der Waals surface area contributed by atoms with E-state index in [1.165, 1.54) is 4.90 Å². The maximum atomic E-state index is 12.2. The third-order valence-electron chi connectivity index (χ3n) is 3.67. The summed E-state index contributed by atoms with van der Waals surface area (Å²) in [4.78, 5) is 13.0. The van der Waals surface area contributed by atoms with Crippen LogP contribution in [0.25, 0.3) is 0 Å². The number of piperidine rings is 1. The van der Waals surface area contributed by atoms with Gasteiger partial charge in [-0.2, -0.15) is 13.2 Å². The first-order valence-corrected chi connectivity index (χ1v) is 6.63. The fraction of sp³-hybridized carbons (Fsp3) is 0.917. The molecule has 2 N–H and O–H groups in total. The lowest BCUT2D eigenvalue weighted by Crippen LogP contribution is -2.46. The number of carbonyl (C=O) groups excluding carboxylic acids is 1. The van der Waals surface area contributed by atoms with Gasteiger partial charge in [0.05, 0.1) is 6.54 Å². The van der Waals surface area contributed by atoms with E-state index in [4.69, 9.17) is 0 Å². The molecule has 1 saturated heterocycles. The number of aliphatic hydroxyl groups excluding tert-OH is 1. The molecule has 2 aliphatic rings. The van der Waals surface area contributed by atoms with Crippen molar-refractivity contribution in [2.45, 2.75) is 44.0 Å². The maximum Gasteiger partial charge on any atom is 0.401 e. The van der Waals surface area contributed by atoms with Crippen molar-refractivity contribution in [2.75, 3.05) is 19.6 Å². The summed E-state index contributed by atoms with van der Waals surface area (Å²) in [6.45, 7) is -0.361. The summed E-state index contributed by atoms with van der Waals surface area (Å²) in [7, 11) is 0. The molecule has 0 radical (unpaired) electrons. The Hall–Kier alpha value is -0.820. The third kappa shape index (κ3) is 4.65. The van der Waals surface area contributed by atoms with E-state index >= 15 is 0 Å². The zero-order valence-electron chi connectivity index (χ0n) is 10.6. The molecule has 2 fully saturated rings. The summed E-state index contributed by atoms with van der Waals surface area (Å²) in [5.41, 5.74) is 0. The number of halogens is 3. The molecule has 1 amide bonds. The number of hydrogen-bond donors (Lipinski definition) is 2. The lowest BCUT2D eigenvalue weighted by atomic mass is 9.90. The summed E-state index contributed by atoms with van der Waals surface area (Å²) in [5.74, 6) is -0.611. The fourth-order valence-electron chi connectivity index (χ4n) is 2.41. The van der Waals surface area contributed by atoms with Crippen molar-refractivity contribution in [1.29, 1.82) is 0 Å². The molecule has 7 heteroatoms. The molecule has 1 aliphatic carbocycles.